The number of nitrogens with zero attached hydrogens (tertiary/aromatic N) is 4. The Hall–Kier alpha value is -3.13. The SMILES string of the molecule is C/C(=N\NC(=O)CSc1nnc(-c2ccc(C(C)(C)C)cc2)n1-c1ccccc1)c1ccc(Cl)cc1Cl. The van der Waals surface area contributed by atoms with E-state index in [1.807, 2.05) is 34.9 Å². The van der Waals surface area contributed by atoms with Crippen molar-refractivity contribution in [3.8, 4) is 17.1 Å². The third-order valence-corrected chi connectivity index (χ3v) is 7.14. The lowest BCUT2D eigenvalue weighted by Crippen LogP contribution is -2.21. The summed E-state index contributed by atoms with van der Waals surface area (Å²) in [7, 11) is 0. The molecular formula is C28H27Cl2N5OS. The maximum atomic E-state index is 12.6. The highest BCUT2D eigenvalue weighted by Crippen LogP contribution is 2.30. The highest BCUT2D eigenvalue weighted by atomic mass is 35.5. The summed E-state index contributed by atoms with van der Waals surface area (Å²) in [5, 5.41) is 14.7. The minimum absolute atomic E-state index is 0.0553. The van der Waals surface area contributed by atoms with Gasteiger partial charge < -0.3 is 0 Å². The molecule has 1 amide bonds. The van der Waals surface area contributed by atoms with E-state index in [2.05, 4.69) is 65.8 Å². The monoisotopic (exact) mass is 551 g/mol. The van der Waals surface area contributed by atoms with Gasteiger partial charge in [0, 0.05) is 21.8 Å². The summed E-state index contributed by atoms with van der Waals surface area (Å²) in [4.78, 5) is 12.6. The van der Waals surface area contributed by atoms with Crippen LogP contribution in [0.15, 0.2) is 83.1 Å². The number of para-hydroxylation sites is 1. The van der Waals surface area contributed by atoms with Gasteiger partial charge in [-0.15, -0.1) is 10.2 Å². The molecule has 4 aromatic rings. The van der Waals surface area contributed by atoms with Crippen LogP contribution in [0, 0.1) is 0 Å². The summed E-state index contributed by atoms with van der Waals surface area (Å²) in [6.07, 6.45) is 0. The van der Waals surface area contributed by atoms with Crippen molar-refractivity contribution in [1.82, 2.24) is 20.2 Å². The van der Waals surface area contributed by atoms with Crippen molar-refractivity contribution in [2.75, 3.05) is 5.75 Å². The van der Waals surface area contributed by atoms with E-state index in [4.69, 9.17) is 23.2 Å². The Morgan fingerprint density at radius 3 is 2.35 bits per heavy atom. The van der Waals surface area contributed by atoms with Crippen LogP contribution in [-0.4, -0.2) is 32.1 Å². The van der Waals surface area contributed by atoms with E-state index in [-0.39, 0.29) is 17.1 Å². The number of carbonyl (C=O) groups is 1. The van der Waals surface area contributed by atoms with E-state index in [0.29, 0.717) is 32.3 Å². The summed E-state index contributed by atoms with van der Waals surface area (Å²) in [6, 6.07) is 23.3. The van der Waals surface area contributed by atoms with Crippen LogP contribution in [0.5, 0.6) is 0 Å². The van der Waals surface area contributed by atoms with Crippen molar-refractivity contribution in [2.45, 2.75) is 38.3 Å². The standard InChI is InChI=1S/C28H27Cl2N5OS/c1-18(23-15-14-21(29)16-24(23)30)31-32-25(36)17-37-27-34-33-26(35(27)22-8-6-5-7-9-22)19-10-12-20(13-11-19)28(2,3)4/h5-16H,17H2,1-4H3,(H,32,36)/b31-18+. The van der Waals surface area contributed by atoms with Gasteiger partial charge in [-0.1, -0.05) is 104 Å². The van der Waals surface area contributed by atoms with E-state index in [1.165, 1.54) is 17.3 Å². The molecule has 0 aliphatic rings. The molecule has 0 fully saturated rings. The molecule has 1 aromatic heterocycles. The van der Waals surface area contributed by atoms with E-state index in [1.54, 1.807) is 25.1 Å². The highest BCUT2D eigenvalue weighted by molar-refractivity contribution is 7.99. The van der Waals surface area contributed by atoms with Gasteiger partial charge >= 0.3 is 0 Å². The normalized spacial score (nSPS) is 12.0. The lowest BCUT2D eigenvalue weighted by Gasteiger charge is -2.19. The quantitative estimate of drug-likeness (QED) is 0.150. The fourth-order valence-electron chi connectivity index (χ4n) is 3.63. The molecule has 4 rings (SSSR count). The van der Waals surface area contributed by atoms with E-state index >= 15 is 0 Å². The van der Waals surface area contributed by atoms with E-state index in [9.17, 15) is 4.79 Å². The predicted molar refractivity (Wildman–Crippen MR) is 153 cm³/mol. The van der Waals surface area contributed by atoms with Crippen LogP contribution < -0.4 is 5.43 Å². The van der Waals surface area contributed by atoms with Gasteiger partial charge in [0.15, 0.2) is 11.0 Å². The summed E-state index contributed by atoms with van der Waals surface area (Å²) in [6.45, 7) is 8.32. The average molecular weight is 553 g/mol. The van der Waals surface area contributed by atoms with Crippen molar-refractivity contribution in [1.29, 1.82) is 0 Å². The van der Waals surface area contributed by atoms with Crippen LogP contribution >= 0.6 is 35.0 Å². The number of aromatic nitrogens is 3. The first kappa shape index (κ1) is 26.9. The highest BCUT2D eigenvalue weighted by Gasteiger charge is 2.19. The molecule has 0 saturated heterocycles. The number of carbonyl (C=O) groups excluding carboxylic acids is 1. The summed E-state index contributed by atoms with van der Waals surface area (Å²) >= 11 is 13.5. The fraction of sp³-hybridized carbons (Fsp3) is 0.214. The Morgan fingerprint density at radius 1 is 1.00 bits per heavy atom. The summed E-state index contributed by atoms with van der Waals surface area (Å²) < 4.78 is 1.96. The number of benzene rings is 3. The predicted octanol–water partition coefficient (Wildman–Crippen LogP) is 7.17. The van der Waals surface area contributed by atoms with Crippen LogP contribution in [-0.2, 0) is 10.2 Å². The van der Waals surface area contributed by atoms with Crippen LogP contribution in [0.1, 0.15) is 38.8 Å². The number of amides is 1. The molecule has 6 nitrogen and oxygen atoms in total. The number of hydrogen-bond acceptors (Lipinski definition) is 5. The molecule has 190 valence electrons. The molecule has 0 aliphatic carbocycles. The lowest BCUT2D eigenvalue weighted by molar-refractivity contribution is -0.118. The summed E-state index contributed by atoms with van der Waals surface area (Å²) in [5.74, 6) is 0.549. The second-order valence-electron chi connectivity index (χ2n) is 9.45. The Kier molecular flexibility index (Phi) is 8.37. The number of halogens is 2. The first-order chi connectivity index (χ1) is 17.6. The molecule has 1 N–H and O–H groups in total. The van der Waals surface area contributed by atoms with Gasteiger partial charge in [0.1, 0.15) is 0 Å². The number of thioether (sulfide) groups is 1. The minimum atomic E-state index is -0.270. The van der Waals surface area contributed by atoms with E-state index in [0.717, 1.165) is 11.3 Å². The van der Waals surface area contributed by atoms with Gasteiger partial charge in [-0.25, -0.2) is 5.43 Å². The Labute approximate surface area is 231 Å². The van der Waals surface area contributed by atoms with Gasteiger partial charge in [0.05, 0.1) is 16.5 Å². The first-order valence-corrected chi connectivity index (χ1v) is 13.4. The Morgan fingerprint density at radius 2 is 1.70 bits per heavy atom. The van der Waals surface area contributed by atoms with Gasteiger partial charge in [-0.2, -0.15) is 5.10 Å². The molecule has 0 aliphatic heterocycles. The molecule has 37 heavy (non-hydrogen) atoms. The lowest BCUT2D eigenvalue weighted by atomic mass is 9.87. The summed E-state index contributed by atoms with van der Waals surface area (Å²) in [5.41, 5.74) is 7.02. The van der Waals surface area contributed by atoms with Crippen LogP contribution in [0.25, 0.3) is 17.1 Å². The first-order valence-electron chi connectivity index (χ1n) is 11.7. The van der Waals surface area contributed by atoms with Crippen molar-refractivity contribution in [3.63, 3.8) is 0 Å². The molecule has 0 atom stereocenters. The second kappa shape index (κ2) is 11.5. The zero-order valence-corrected chi connectivity index (χ0v) is 23.3. The van der Waals surface area contributed by atoms with Crippen LogP contribution in [0.4, 0.5) is 0 Å². The zero-order chi connectivity index (χ0) is 26.6. The minimum Gasteiger partial charge on any atom is -0.272 e. The molecule has 0 bridgehead atoms. The molecule has 3 aromatic carbocycles. The topological polar surface area (TPSA) is 72.2 Å². The third kappa shape index (κ3) is 6.60. The van der Waals surface area contributed by atoms with Crippen LogP contribution in [0.2, 0.25) is 10.0 Å². The Bertz CT molecular complexity index is 1430. The smallest absolute Gasteiger partial charge is 0.250 e. The van der Waals surface area contributed by atoms with Gasteiger partial charge in [-0.3, -0.25) is 9.36 Å². The molecule has 0 unspecified atom stereocenters. The number of nitrogens with one attached hydrogen (secondary N) is 1. The number of rotatable bonds is 7. The van der Waals surface area contributed by atoms with E-state index < -0.39 is 0 Å². The largest absolute Gasteiger partial charge is 0.272 e. The Balaban J connectivity index is 1.53. The maximum absolute atomic E-state index is 12.6. The van der Waals surface area contributed by atoms with Crippen molar-refractivity contribution in [3.05, 3.63) is 94.0 Å². The molecular weight excluding hydrogens is 525 g/mol. The van der Waals surface area contributed by atoms with Gasteiger partial charge in [0.2, 0.25) is 0 Å². The third-order valence-electron chi connectivity index (χ3n) is 5.66. The van der Waals surface area contributed by atoms with Crippen LogP contribution in [0.3, 0.4) is 0 Å². The van der Waals surface area contributed by atoms with Crippen molar-refractivity contribution in [2.24, 2.45) is 5.10 Å². The number of hydrogen-bond donors (Lipinski definition) is 1. The van der Waals surface area contributed by atoms with Crippen molar-refractivity contribution < 1.29 is 4.79 Å². The fourth-order valence-corrected chi connectivity index (χ4v) is 4.92. The molecule has 0 radical (unpaired) electrons. The molecule has 0 saturated carbocycles. The number of hydrazone groups is 1. The van der Waals surface area contributed by atoms with Crippen molar-refractivity contribution >= 4 is 46.6 Å². The second-order valence-corrected chi connectivity index (χ2v) is 11.2. The van der Waals surface area contributed by atoms with Gasteiger partial charge in [0.25, 0.3) is 5.91 Å². The van der Waals surface area contributed by atoms with Gasteiger partial charge in [-0.05, 0) is 42.2 Å². The molecule has 9 heteroatoms. The average Bonchev–Trinajstić information content (AvgIpc) is 3.30. The molecule has 1 heterocycles. The maximum Gasteiger partial charge on any atom is 0.250 e. The molecule has 0 spiro atoms. The zero-order valence-electron chi connectivity index (χ0n) is 21.0.